The summed E-state index contributed by atoms with van der Waals surface area (Å²) in [5, 5.41) is 16.6. The third-order valence-corrected chi connectivity index (χ3v) is 3.25. The minimum Gasteiger partial charge on any atom is -0.290 e. The minimum absolute atomic E-state index is 0. The van der Waals surface area contributed by atoms with E-state index < -0.39 is 5.91 Å². The molecule has 1 aromatic carbocycles. The Balaban J connectivity index is 0.00000192. The van der Waals surface area contributed by atoms with Crippen LogP contribution in [0.15, 0.2) is 36.5 Å². The predicted molar refractivity (Wildman–Crippen MR) is 88.0 cm³/mol. The molecule has 0 radical (unpaired) electrons. The molecule has 0 bridgehead atoms. The van der Waals surface area contributed by atoms with E-state index in [1.807, 2.05) is 12.1 Å². The van der Waals surface area contributed by atoms with Gasteiger partial charge in [0.15, 0.2) is 5.69 Å². The Morgan fingerprint density at radius 3 is 2.70 bits per heavy atom. The van der Waals surface area contributed by atoms with Crippen molar-refractivity contribution in [2.45, 2.75) is 6.92 Å². The van der Waals surface area contributed by atoms with Crippen LogP contribution < -0.4 is 16.0 Å². The Hall–Kier alpha value is -3.00. The van der Waals surface area contributed by atoms with Crippen LogP contribution in [0.25, 0.3) is 10.9 Å². The molecule has 0 saturated carbocycles. The number of aromatic nitrogens is 4. The highest BCUT2D eigenvalue weighted by molar-refractivity contribution is 6.22. The second kappa shape index (κ2) is 6.41. The van der Waals surface area contributed by atoms with Gasteiger partial charge in [0.05, 0.1) is 11.2 Å². The first-order valence-electron chi connectivity index (χ1n) is 6.53. The van der Waals surface area contributed by atoms with Gasteiger partial charge in [-0.05, 0) is 31.2 Å². The van der Waals surface area contributed by atoms with Crippen LogP contribution in [0.3, 0.4) is 0 Å². The Bertz CT molecular complexity index is 871. The van der Waals surface area contributed by atoms with Crippen LogP contribution in [0.5, 0.6) is 0 Å². The van der Waals surface area contributed by atoms with Crippen molar-refractivity contribution in [3.05, 3.63) is 47.9 Å². The second-order valence-electron chi connectivity index (χ2n) is 4.67. The first-order chi connectivity index (χ1) is 10.6. The number of fused-ring (bicyclic) bond motifs is 1. The summed E-state index contributed by atoms with van der Waals surface area (Å²) >= 11 is 0. The average molecular weight is 333 g/mol. The van der Waals surface area contributed by atoms with Crippen LogP contribution in [0, 0.1) is 6.92 Å². The molecule has 9 heteroatoms. The van der Waals surface area contributed by atoms with E-state index in [1.165, 1.54) is 4.90 Å². The van der Waals surface area contributed by atoms with Crippen LogP contribution in [0.1, 0.15) is 16.2 Å². The number of benzene rings is 1. The molecule has 0 saturated heterocycles. The number of aryl methyl sites for hydroxylation is 1. The van der Waals surface area contributed by atoms with Crippen molar-refractivity contribution in [3.63, 3.8) is 0 Å². The molecule has 1 amide bonds. The monoisotopic (exact) mass is 332 g/mol. The summed E-state index contributed by atoms with van der Waals surface area (Å²) in [5.41, 5.74) is 7.64. The zero-order chi connectivity index (χ0) is 15.7. The molecule has 2 heterocycles. The lowest BCUT2D eigenvalue weighted by molar-refractivity contribution is -0.116. The van der Waals surface area contributed by atoms with Crippen LogP contribution in [0.2, 0.25) is 0 Å². The fraction of sp³-hybridized carbons (Fsp3) is 0.0714. The number of carbonyl (C=O) groups excluding carboxylic acids is 1. The Morgan fingerprint density at radius 1 is 1.26 bits per heavy atom. The van der Waals surface area contributed by atoms with E-state index in [9.17, 15) is 4.79 Å². The lowest BCUT2D eigenvalue weighted by atomic mass is 10.1. The first-order valence-corrected chi connectivity index (χ1v) is 6.53. The van der Waals surface area contributed by atoms with Gasteiger partial charge in [0.25, 0.3) is 0 Å². The van der Waals surface area contributed by atoms with Crippen molar-refractivity contribution in [3.8, 4) is 0 Å². The summed E-state index contributed by atoms with van der Waals surface area (Å²) in [7, 11) is 0. The van der Waals surface area contributed by atoms with E-state index in [1.54, 1.807) is 31.3 Å². The van der Waals surface area contributed by atoms with Gasteiger partial charge in [-0.3, -0.25) is 16.1 Å². The quantitative estimate of drug-likeness (QED) is 0.442. The Labute approximate surface area is 137 Å². The molecular formula is C14H15ClN7O+. The van der Waals surface area contributed by atoms with Crippen LogP contribution in [-0.4, -0.2) is 32.3 Å². The number of nitrogens with zero attached hydrogens (tertiary/aromatic N) is 4. The smallest absolute Gasteiger partial charge is 0.290 e. The molecule has 0 fully saturated rings. The summed E-state index contributed by atoms with van der Waals surface area (Å²) in [4.78, 5) is 18.2. The summed E-state index contributed by atoms with van der Waals surface area (Å²) in [6.45, 7) is 1.67. The first kappa shape index (κ1) is 16.4. The highest BCUT2D eigenvalue weighted by Crippen LogP contribution is 2.26. The number of hydrogen-bond donors (Lipinski definition) is 3. The predicted octanol–water partition coefficient (Wildman–Crippen LogP) is -0.196. The number of nitrogens with one attached hydrogen (secondary N) is 1. The molecule has 5 N–H and O–H groups in total. The van der Waals surface area contributed by atoms with Gasteiger partial charge in [-0.1, -0.05) is 6.07 Å². The molecule has 23 heavy (non-hydrogen) atoms. The normalized spacial score (nSPS) is 10.1. The van der Waals surface area contributed by atoms with E-state index in [4.69, 9.17) is 11.1 Å². The van der Waals surface area contributed by atoms with E-state index >= 15 is 0 Å². The number of anilines is 1. The molecule has 0 unspecified atom stereocenters. The lowest BCUT2D eigenvalue weighted by Crippen LogP contribution is -2.59. The summed E-state index contributed by atoms with van der Waals surface area (Å²) in [6, 6.07) is 9.00. The van der Waals surface area contributed by atoms with Crippen molar-refractivity contribution in [1.82, 2.24) is 20.4 Å². The van der Waals surface area contributed by atoms with Crippen molar-refractivity contribution in [2.75, 3.05) is 4.90 Å². The molecular weight excluding hydrogens is 318 g/mol. The molecule has 8 nitrogen and oxygen atoms in total. The van der Waals surface area contributed by atoms with Gasteiger partial charge in [0, 0.05) is 11.6 Å². The largest absolute Gasteiger partial charge is 0.353 e. The molecule has 0 aliphatic heterocycles. The molecule has 0 spiro atoms. The number of rotatable bonds is 2. The average Bonchev–Trinajstić information content (AvgIpc) is 2.93. The van der Waals surface area contributed by atoms with E-state index in [2.05, 4.69) is 20.4 Å². The number of aromatic amines is 1. The second-order valence-corrected chi connectivity index (χ2v) is 4.67. The third-order valence-electron chi connectivity index (χ3n) is 3.25. The Kier molecular flexibility index (Phi) is 4.56. The standard InChI is InChI=1S/C14H13N7O.ClH/c1-8-12(19-20-18-8)13(22)21(14(15)16)11-6-2-5-10-9(11)4-3-7-17-10;/h2-7H,1H3,(H3,15,16)(H,18,19,20);1H/p+1. The highest BCUT2D eigenvalue weighted by Gasteiger charge is 2.31. The number of guanidine groups is 1. The summed E-state index contributed by atoms with van der Waals surface area (Å²) in [6.07, 6.45) is 1.68. The van der Waals surface area contributed by atoms with Crippen molar-refractivity contribution >= 4 is 40.9 Å². The lowest BCUT2D eigenvalue weighted by Gasteiger charge is -2.15. The SMILES string of the molecule is Cc1n[nH]nc1C(=O)N(C(N)=[NH2+])c1cccc2ncccc12.Cl. The summed E-state index contributed by atoms with van der Waals surface area (Å²) < 4.78 is 0. The number of nitrogens with two attached hydrogens (primary N) is 2. The van der Waals surface area contributed by atoms with Gasteiger partial charge >= 0.3 is 11.9 Å². The minimum atomic E-state index is -0.456. The van der Waals surface area contributed by atoms with Crippen molar-refractivity contribution in [2.24, 2.45) is 5.73 Å². The number of hydrogen-bond acceptors (Lipinski definition) is 4. The molecule has 3 aromatic rings. The highest BCUT2D eigenvalue weighted by atomic mass is 35.5. The number of H-pyrrole nitrogens is 1. The maximum absolute atomic E-state index is 12.7. The zero-order valence-corrected chi connectivity index (χ0v) is 13.0. The number of carbonyl (C=O) groups is 1. The molecule has 118 valence electrons. The van der Waals surface area contributed by atoms with Crippen molar-refractivity contribution < 1.29 is 10.2 Å². The van der Waals surface area contributed by atoms with Gasteiger partial charge in [-0.15, -0.1) is 17.5 Å². The maximum Gasteiger partial charge on any atom is 0.353 e. The molecule has 0 aliphatic rings. The van der Waals surface area contributed by atoms with Gasteiger partial charge < -0.3 is 0 Å². The van der Waals surface area contributed by atoms with Gasteiger partial charge in [0.2, 0.25) is 0 Å². The fourth-order valence-electron chi connectivity index (χ4n) is 2.24. The van der Waals surface area contributed by atoms with E-state index in [0.29, 0.717) is 11.4 Å². The third kappa shape index (κ3) is 2.84. The van der Waals surface area contributed by atoms with E-state index in [-0.39, 0.29) is 24.1 Å². The van der Waals surface area contributed by atoms with Crippen LogP contribution >= 0.6 is 12.4 Å². The van der Waals surface area contributed by atoms with E-state index in [0.717, 1.165) is 10.9 Å². The maximum atomic E-state index is 12.7. The molecule has 0 atom stereocenters. The molecule has 3 rings (SSSR count). The number of pyridine rings is 1. The fourth-order valence-corrected chi connectivity index (χ4v) is 2.24. The Morgan fingerprint density at radius 2 is 2.04 bits per heavy atom. The molecule has 0 aliphatic carbocycles. The number of amides is 1. The van der Waals surface area contributed by atoms with Crippen molar-refractivity contribution in [1.29, 1.82) is 0 Å². The topological polar surface area (TPSA) is 126 Å². The summed E-state index contributed by atoms with van der Waals surface area (Å²) in [5.74, 6) is -0.605. The van der Waals surface area contributed by atoms with Crippen LogP contribution in [0.4, 0.5) is 5.69 Å². The molecule has 2 aromatic heterocycles. The van der Waals surface area contributed by atoms with Gasteiger partial charge in [0.1, 0.15) is 5.69 Å². The van der Waals surface area contributed by atoms with Gasteiger partial charge in [-0.25, -0.2) is 4.79 Å². The number of halogens is 1. The van der Waals surface area contributed by atoms with Crippen LogP contribution in [-0.2, 0) is 0 Å². The van der Waals surface area contributed by atoms with Gasteiger partial charge in [-0.2, -0.15) is 15.2 Å². The zero-order valence-electron chi connectivity index (χ0n) is 12.2.